The van der Waals surface area contributed by atoms with E-state index >= 15 is 0 Å². The van der Waals surface area contributed by atoms with Gasteiger partial charge in [0.25, 0.3) is 11.8 Å². The molecule has 0 unspecified atom stereocenters. The first-order valence-corrected chi connectivity index (χ1v) is 9.43. The summed E-state index contributed by atoms with van der Waals surface area (Å²) >= 11 is 6.13. The number of hydrogen-bond donors (Lipinski definition) is 0. The Morgan fingerprint density at radius 1 is 1.07 bits per heavy atom. The first-order valence-electron chi connectivity index (χ1n) is 9.06. The lowest BCUT2D eigenvalue weighted by Crippen LogP contribution is -2.35. The quantitative estimate of drug-likeness (QED) is 0.569. The van der Waals surface area contributed by atoms with Crippen LogP contribution in [0.3, 0.4) is 0 Å². The van der Waals surface area contributed by atoms with Gasteiger partial charge >= 0.3 is 5.97 Å². The second-order valence-electron chi connectivity index (χ2n) is 6.97. The number of halogens is 1. The Morgan fingerprint density at radius 2 is 1.72 bits per heavy atom. The predicted molar refractivity (Wildman–Crippen MR) is 105 cm³/mol. The van der Waals surface area contributed by atoms with Crippen molar-refractivity contribution in [3.8, 4) is 0 Å². The predicted octanol–water partition coefficient (Wildman–Crippen LogP) is 2.80. The molecule has 0 radical (unpaired) electrons. The molecule has 0 bridgehead atoms. The molecule has 148 valence electrons. The van der Waals surface area contributed by atoms with Crippen molar-refractivity contribution in [2.75, 3.05) is 18.2 Å². The fourth-order valence-electron chi connectivity index (χ4n) is 3.59. The summed E-state index contributed by atoms with van der Waals surface area (Å²) in [6.07, 6.45) is -0.00704. The minimum absolute atomic E-state index is 0.00704. The van der Waals surface area contributed by atoms with Crippen molar-refractivity contribution in [1.82, 2.24) is 4.90 Å². The highest BCUT2D eigenvalue weighted by Crippen LogP contribution is 2.32. The van der Waals surface area contributed by atoms with Crippen LogP contribution in [-0.4, -0.2) is 41.9 Å². The number of carbonyl (C=O) groups excluding carboxylic acids is 4. The van der Waals surface area contributed by atoms with Crippen molar-refractivity contribution in [2.45, 2.75) is 13.3 Å². The Balaban J connectivity index is 1.41. The smallest absolute Gasteiger partial charge is 0.313 e. The SMILES string of the molecule is Cc1c(Cl)cccc1N1C[C@H](C(=O)OCN2C(=O)c3ccccc3C2=O)CC1=O. The highest BCUT2D eigenvalue weighted by Gasteiger charge is 2.39. The molecule has 0 spiro atoms. The number of carbonyl (C=O) groups is 4. The summed E-state index contributed by atoms with van der Waals surface area (Å²) in [6.45, 7) is 1.48. The lowest BCUT2D eigenvalue weighted by molar-refractivity contribution is -0.151. The number of rotatable bonds is 4. The Labute approximate surface area is 171 Å². The normalized spacial score (nSPS) is 18.4. The fourth-order valence-corrected chi connectivity index (χ4v) is 3.76. The van der Waals surface area contributed by atoms with Gasteiger partial charge in [0.2, 0.25) is 5.91 Å². The molecule has 1 fully saturated rings. The summed E-state index contributed by atoms with van der Waals surface area (Å²) in [7, 11) is 0. The minimum Gasteiger partial charge on any atom is -0.443 e. The zero-order chi connectivity index (χ0) is 20.7. The van der Waals surface area contributed by atoms with Crippen LogP contribution in [0.25, 0.3) is 0 Å². The van der Waals surface area contributed by atoms with Crippen LogP contribution >= 0.6 is 11.6 Å². The molecule has 1 saturated heterocycles. The maximum absolute atomic E-state index is 12.5. The molecule has 0 aliphatic carbocycles. The van der Waals surface area contributed by atoms with E-state index in [1.807, 2.05) is 0 Å². The molecule has 0 saturated carbocycles. The minimum atomic E-state index is -0.684. The van der Waals surface area contributed by atoms with E-state index in [2.05, 4.69) is 0 Å². The lowest BCUT2D eigenvalue weighted by Gasteiger charge is -2.20. The number of fused-ring (bicyclic) bond motifs is 1. The van der Waals surface area contributed by atoms with Gasteiger partial charge in [0.05, 0.1) is 17.0 Å². The molecule has 29 heavy (non-hydrogen) atoms. The highest BCUT2D eigenvalue weighted by molar-refractivity contribution is 6.31. The molecule has 2 heterocycles. The summed E-state index contributed by atoms with van der Waals surface area (Å²) in [6, 6.07) is 11.7. The zero-order valence-electron chi connectivity index (χ0n) is 15.6. The molecule has 2 aromatic carbocycles. The number of benzene rings is 2. The van der Waals surface area contributed by atoms with E-state index in [1.165, 1.54) is 4.90 Å². The van der Waals surface area contributed by atoms with Gasteiger partial charge in [-0.3, -0.25) is 19.2 Å². The summed E-state index contributed by atoms with van der Waals surface area (Å²) in [5.41, 5.74) is 1.97. The van der Waals surface area contributed by atoms with Crippen molar-refractivity contribution < 1.29 is 23.9 Å². The van der Waals surface area contributed by atoms with Crippen molar-refractivity contribution in [3.05, 3.63) is 64.2 Å². The summed E-state index contributed by atoms with van der Waals surface area (Å²) in [5.74, 6) is -2.53. The molecule has 0 N–H and O–H groups in total. The maximum Gasteiger partial charge on any atom is 0.313 e. The Hall–Kier alpha value is -3.19. The van der Waals surface area contributed by atoms with Crippen LogP contribution in [0.2, 0.25) is 5.02 Å². The number of nitrogens with zero attached hydrogens (tertiary/aromatic N) is 2. The van der Waals surface area contributed by atoms with Crippen LogP contribution in [0.1, 0.15) is 32.7 Å². The van der Waals surface area contributed by atoms with Gasteiger partial charge in [-0.25, -0.2) is 4.90 Å². The fraction of sp³-hybridized carbons (Fsp3) is 0.238. The topological polar surface area (TPSA) is 84.0 Å². The molecule has 3 amide bonds. The second kappa shape index (κ2) is 7.33. The van der Waals surface area contributed by atoms with Crippen LogP contribution in [0.5, 0.6) is 0 Å². The van der Waals surface area contributed by atoms with E-state index in [4.69, 9.17) is 16.3 Å². The first kappa shape index (κ1) is 19.1. The van der Waals surface area contributed by atoms with Gasteiger partial charge in [-0.2, -0.15) is 0 Å². The van der Waals surface area contributed by atoms with Gasteiger partial charge in [-0.15, -0.1) is 0 Å². The van der Waals surface area contributed by atoms with Gasteiger partial charge < -0.3 is 9.64 Å². The van der Waals surface area contributed by atoms with Crippen molar-refractivity contribution in [2.24, 2.45) is 5.92 Å². The third-order valence-corrected chi connectivity index (χ3v) is 5.61. The number of anilines is 1. The number of amides is 3. The van der Waals surface area contributed by atoms with E-state index in [0.29, 0.717) is 10.7 Å². The third-order valence-electron chi connectivity index (χ3n) is 5.20. The van der Waals surface area contributed by atoms with Crippen LogP contribution in [-0.2, 0) is 14.3 Å². The molecule has 7 nitrogen and oxygen atoms in total. The van der Waals surface area contributed by atoms with Crippen LogP contribution < -0.4 is 4.90 Å². The van der Waals surface area contributed by atoms with Crippen molar-refractivity contribution in [3.63, 3.8) is 0 Å². The Bertz CT molecular complexity index is 1020. The third kappa shape index (κ3) is 3.27. The molecular formula is C21H17ClN2O5. The zero-order valence-corrected chi connectivity index (χ0v) is 16.3. The van der Waals surface area contributed by atoms with E-state index in [-0.39, 0.29) is 30.0 Å². The molecule has 0 aromatic heterocycles. The van der Waals surface area contributed by atoms with E-state index < -0.39 is 30.4 Å². The molecule has 4 rings (SSSR count). The Morgan fingerprint density at radius 3 is 2.38 bits per heavy atom. The molecule has 2 aromatic rings. The highest BCUT2D eigenvalue weighted by atomic mass is 35.5. The average molecular weight is 413 g/mol. The lowest BCUT2D eigenvalue weighted by atomic mass is 10.1. The number of esters is 1. The first-order chi connectivity index (χ1) is 13.9. The van der Waals surface area contributed by atoms with Gasteiger partial charge in [0.15, 0.2) is 6.73 Å². The second-order valence-corrected chi connectivity index (χ2v) is 7.37. The molecular weight excluding hydrogens is 396 g/mol. The number of hydrogen-bond acceptors (Lipinski definition) is 5. The monoisotopic (exact) mass is 412 g/mol. The summed E-state index contributed by atoms with van der Waals surface area (Å²) in [4.78, 5) is 52.0. The molecule has 2 aliphatic rings. The largest absolute Gasteiger partial charge is 0.443 e. The molecule has 8 heteroatoms. The van der Waals surface area contributed by atoms with Crippen LogP contribution in [0.4, 0.5) is 5.69 Å². The number of imide groups is 1. The van der Waals surface area contributed by atoms with E-state index in [9.17, 15) is 19.2 Å². The van der Waals surface area contributed by atoms with Gasteiger partial charge in [0, 0.05) is 23.7 Å². The van der Waals surface area contributed by atoms with Gasteiger partial charge in [-0.1, -0.05) is 29.8 Å². The summed E-state index contributed by atoms with van der Waals surface area (Å²) < 4.78 is 5.21. The average Bonchev–Trinajstić information content (AvgIpc) is 3.21. The Kier molecular flexibility index (Phi) is 4.84. The molecule has 1 atom stereocenters. The van der Waals surface area contributed by atoms with Gasteiger partial charge in [-0.05, 0) is 36.8 Å². The summed E-state index contributed by atoms with van der Waals surface area (Å²) in [5, 5.41) is 0.534. The van der Waals surface area contributed by atoms with E-state index in [1.54, 1.807) is 49.4 Å². The molecule has 2 aliphatic heterocycles. The maximum atomic E-state index is 12.5. The van der Waals surface area contributed by atoms with Crippen LogP contribution in [0, 0.1) is 12.8 Å². The standard InChI is InChI=1S/C21H17ClN2O5/c1-12-16(22)7-4-8-17(12)23-10-13(9-18(23)25)21(28)29-11-24-19(26)14-5-2-3-6-15(14)20(24)27/h2-8,13H,9-11H2,1H3/t13-/m1/s1. The van der Waals surface area contributed by atoms with Crippen LogP contribution in [0.15, 0.2) is 42.5 Å². The van der Waals surface area contributed by atoms with Gasteiger partial charge in [0.1, 0.15) is 0 Å². The van der Waals surface area contributed by atoms with E-state index in [0.717, 1.165) is 10.5 Å². The van der Waals surface area contributed by atoms with Crippen molar-refractivity contribution in [1.29, 1.82) is 0 Å². The van der Waals surface area contributed by atoms with Crippen molar-refractivity contribution >= 4 is 41.0 Å². The number of ether oxygens (including phenoxy) is 1.